The fourth-order valence-electron chi connectivity index (χ4n) is 0.329. The highest BCUT2D eigenvalue weighted by Crippen LogP contribution is 2.18. The van der Waals surface area contributed by atoms with Crippen molar-refractivity contribution in [1.29, 1.82) is 0 Å². The molecule has 70 valence electrons. The highest BCUT2D eigenvalue weighted by atomic mass is 19.4. The van der Waals surface area contributed by atoms with Gasteiger partial charge in [0.2, 0.25) is 0 Å². The minimum atomic E-state index is -4.57. The van der Waals surface area contributed by atoms with Crippen LogP contribution in [-0.2, 0) is 0 Å². The Balaban J connectivity index is 4.00. The van der Waals surface area contributed by atoms with Crippen LogP contribution in [0.25, 0.3) is 0 Å². The summed E-state index contributed by atoms with van der Waals surface area (Å²) in [6.07, 6.45) is -9.14. The van der Waals surface area contributed by atoms with Crippen molar-refractivity contribution < 1.29 is 26.3 Å². The lowest BCUT2D eigenvalue weighted by molar-refractivity contribution is -0.0818. The summed E-state index contributed by atoms with van der Waals surface area (Å²) in [7, 11) is 0. The van der Waals surface area contributed by atoms with Crippen LogP contribution in [0.1, 0.15) is 0 Å². The largest absolute Gasteiger partial charge is 0.409 e. The van der Waals surface area contributed by atoms with Crippen molar-refractivity contribution in [3.63, 3.8) is 0 Å². The number of rotatable bonds is 1. The molecule has 12 heavy (non-hydrogen) atoms. The summed E-state index contributed by atoms with van der Waals surface area (Å²) in [5.74, 6) is 0. The number of allylic oxidation sites excluding steroid dienone is 4. The molecule has 0 aliphatic carbocycles. The van der Waals surface area contributed by atoms with Crippen molar-refractivity contribution in [1.82, 2.24) is 0 Å². The molecule has 0 saturated carbocycles. The molecule has 0 nitrogen and oxygen atoms in total. The third-order valence-corrected chi connectivity index (χ3v) is 0.682. The summed E-state index contributed by atoms with van der Waals surface area (Å²) in [6, 6.07) is 0. The second kappa shape index (κ2) is 3.64. The van der Waals surface area contributed by atoms with Crippen molar-refractivity contribution >= 4 is 0 Å². The van der Waals surface area contributed by atoms with Crippen LogP contribution in [0.2, 0.25) is 0 Å². The second-order valence-corrected chi connectivity index (χ2v) is 1.80. The molecule has 0 radical (unpaired) electrons. The van der Waals surface area contributed by atoms with Crippen molar-refractivity contribution in [3.8, 4) is 0 Å². The maximum absolute atomic E-state index is 11.3. The van der Waals surface area contributed by atoms with Gasteiger partial charge in [-0.05, 0) is 0 Å². The average molecular weight is 190 g/mol. The molecule has 0 bridgehead atoms. The van der Waals surface area contributed by atoms with E-state index in [1.165, 1.54) is 0 Å². The fourth-order valence-corrected chi connectivity index (χ4v) is 0.329. The normalized spacial score (nSPS) is 14.8. The van der Waals surface area contributed by atoms with E-state index < -0.39 is 12.4 Å². The molecule has 0 amide bonds. The van der Waals surface area contributed by atoms with Crippen LogP contribution in [-0.4, -0.2) is 12.4 Å². The van der Waals surface area contributed by atoms with E-state index in [-0.39, 0.29) is 24.3 Å². The van der Waals surface area contributed by atoms with Crippen LogP contribution < -0.4 is 0 Å². The van der Waals surface area contributed by atoms with E-state index in [0.29, 0.717) is 0 Å². The molecule has 0 aromatic carbocycles. The van der Waals surface area contributed by atoms with Crippen LogP contribution in [0, 0.1) is 0 Å². The Bertz CT molecular complexity index is 159. The van der Waals surface area contributed by atoms with E-state index in [9.17, 15) is 26.3 Å². The van der Waals surface area contributed by atoms with E-state index in [0.717, 1.165) is 0 Å². The zero-order valence-electron chi connectivity index (χ0n) is 5.58. The Morgan fingerprint density at radius 2 is 0.833 bits per heavy atom. The van der Waals surface area contributed by atoms with E-state index in [4.69, 9.17) is 0 Å². The maximum Gasteiger partial charge on any atom is 0.409 e. The van der Waals surface area contributed by atoms with Crippen LogP contribution in [0.4, 0.5) is 26.3 Å². The monoisotopic (exact) mass is 190 g/mol. The lowest BCUT2D eigenvalue weighted by Crippen LogP contribution is -2.01. The Labute approximate surface area is 64.2 Å². The highest BCUT2D eigenvalue weighted by molar-refractivity contribution is 5.07. The van der Waals surface area contributed by atoms with Crippen LogP contribution in [0.3, 0.4) is 0 Å². The number of hydrogen-bond acceptors (Lipinski definition) is 0. The van der Waals surface area contributed by atoms with Gasteiger partial charge in [0.15, 0.2) is 0 Å². The highest BCUT2D eigenvalue weighted by Gasteiger charge is 2.23. The fraction of sp³-hybridized carbons (Fsp3) is 0.333. The number of alkyl halides is 6. The number of hydrogen-bond donors (Lipinski definition) is 0. The standard InChI is InChI=1S/C6H4F6/c7-5(8,9)3-1-2-4-6(10,11)12/h1-4H/b3-1-,4-2-. The van der Waals surface area contributed by atoms with Crippen molar-refractivity contribution in [2.45, 2.75) is 12.4 Å². The lowest BCUT2D eigenvalue weighted by atomic mass is 10.4. The van der Waals surface area contributed by atoms with Crippen molar-refractivity contribution in [2.75, 3.05) is 0 Å². The molecule has 0 aromatic heterocycles. The average Bonchev–Trinajstić information content (AvgIpc) is 1.76. The van der Waals surface area contributed by atoms with Gasteiger partial charge in [0, 0.05) is 12.2 Å². The van der Waals surface area contributed by atoms with Gasteiger partial charge in [-0.1, -0.05) is 12.2 Å². The van der Waals surface area contributed by atoms with Gasteiger partial charge in [-0.3, -0.25) is 0 Å². The Morgan fingerprint density at radius 1 is 0.583 bits per heavy atom. The topological polar surface area (TPSA) is 0 Å². The van der Waals surface area contributed by atoms with Gasteiger partial charge in [0.05, 0.1) is 0 Å². The molecule has 0 N–H and O–H groups in total. The van der Waals surface area contributed by atoms with E-state index in [2.05, 4.69) is 0 Å². The summed E-state index contributed by atoms with van der Waals surface area (Å²) >= 11 is 0. The minimum absolute atomic E-state index is 0.282. The third-order valence-electron chi connectivity index (χ3n) is 0.682. The maximum atomic E-state index is 11.3. The van der Waals surface area contributed by atoms with Crippen LogP contribution >= 0.6 is 0 Å². The smallest absolute Gasteiger partial charge is 0.167 e. The lowest BCUT2D eigenvalue weighted by Gasteiger charge is -1.96. The van der Waals surface area contributed by atoms with E-state index in [1.54, 1.807) is 0 Å². The Kier molecular flexibility index (Phi) is 3.36. The summed E-state index contributed by atoms with van der Waals surface area (Å²) < 4.78 is 67.6. The van der Waals surface area contributed by atoms with E-state index >= 15 is 0 Å². The molecule has 0 unspecified atom stereocenters. The second-order valence-electron chi connectivity index (χ2n) is 1.80. The molecule has 0 aromatic rings. The van der Waals surface area contributed by atoms with Gasteiger partial charge in [-0.25, -0.2) is 0 Å². The first kappa shape index (κ1) is 11.1. The number of halogens is 6. The molecule has 0 atom stereocenters. The molecule has 0 spiro atoms. The molecule has 0 heterocycles. The van der Waals surface area contributed by atoms with Crippen LogP contribution in [0.5, 0.6) is 0 Å². The summed E-state index contributed by atoms with van der Waals surface area (Å²) in [6.45, 7) is 0. The molecule has 0 saturated heterocycles. The summed E-state index contributed by atoms with van der Waals surface area (Å²) in [5, 5.41) is 0. The van der Waals surface area contributed by atoms with Crippen molar-refractivity contribution in [3.05, 3.63) is 24.3 Å². The molecule has 6 heteroatoms. The Morgan fingerprint density at radius 3 is 1.00 bits per heavy atom. The van der Waals surface area contributed by atoms with Gasteiger partial charge < -0.3 is 0 Å². The quantitative estimate of drug-likeness (QED) is 0.439. The van der Waals surface area contributed by atoms with Gasteiger partial charge in [0.1, 0.15) is 0 Å². The van der Waals surface area contributed by atoms with Gasteiger partial charge >= 0.3 is 12.4 Å². The molecular formula is C6H4F6. The predicted molar refractivity (Wildman–Crippen MR) is 30.4 cm³/mol. The summed E-state index contributed by atoms with van der Waals surface area (Å²) in [5.41, 5.74) is 0. The van der Waals surface area contributed by atoms with Crippen LogP contribution in [0.15, 0.2) is 24.3 Å². The SMILES string of the molecule is FC(F)(F)/C=C\C=C/C(F)(F)F. The molecule has 0 rings (SSSR count). The van der Waals surface area contributed by atoms with E-state index in [1.807, 2.05) is 0 Å². The first-order valence-electron chi connectivity index (χ1n) is 2.71. The van der Waals surface area contributed by atoms with Gasteiger partial charge in [-0.15, -0.1) is 0 Å². The van der Waals surface area contributed by atoms with Gasteiger partial charge in [0.25, 0.3) is 0 Å². The zero-order chi connectivity index (χ0) is 9.83. The van der Waals surface area contributed by atoms with Crippen molar-refractivity contribution in [2.24, 2.45) is 0 Å². The minimum Gasteiger partial charge on any atom is -0.167 e. The summed E-state index contributed by atoms with van der Waals surface area (Å²) in [4.78, 5) is 0. The third kappa shape index (κ3) is 9.06. The molecule has 0 aliphatic heterocycles. The first-order valence-corrected chi connectivity index (χ1v) is 2.71. The molecule has 0 fully saturated rings. The first-order chi connectivity index (χ1) is 5.21. The predicted octanol–water partition coefficient (Wildman–Crippen LogP) is 3.22. The zero-order valence-corrected chi connectivity index (χ0v) is 5.58. The Hall–Kier alpha value is -0.940. The molecule has 0 aliphatic rings. The van der Waals surface area contributed by atoms with Gasteiger partial charge in [-0.2, -0.15) is 26.3 Å². The molecular weight excluding hydrogens is 186 g/mol.